The van der Waals surface area contributed by atoms with E-state index in [4.69, 9.17) is 4.74 Å². The molecule has 0 aliphatic carbocycles. The van der Waals surface area contributed by atoms with Gasteiger partial charge in [0, 0.05) is 0 Å². The van der Waals surface area contributed by atoms with Gasteiger partial charge >= 0.3 is 5.97 Å². The van der Waals surface area contributed by atoms with Gasteiger partial charge in [-0.2, -0.15) is 0 Å². The fraction of sp³-hybridized carbons (Fsp3) is 0.222. The predicted octanol–water partition coefficient (Wildman–Crippen LogP) is 2.75. The molecule has 3 rings (SSSR count). The zero-order valence-electron chi connectivity index (χ0n) is 12.9. The number of fused-ring (bicyclic) bond motifs is 1. The van der Waals surface area contributed by atoms with E-state index in [1.54, 1.807) is 6.92 Å². The minimum absolute atomic E-state index is 0.0886. The third-order valence-electron chi connectivity index (χ3n) is 3.73. The number of rotatable bonds is 4. The highest BCUT2D eigenvalue weighted by Crippen LogP contribution is 2.36. The molecule has 0 saturated carbocycles. The molecule has 0 fully saturated rings. The van der Waals surface area contributed by atoms with Crippen molar-refractivity contribution in [2.75, 3.05) is 23.4 Å². The van der Waals surface area contributed by atoms with Gasteiger partial charge in [0.2, 0.25) is 0 Å². The predicted molar refractivity (Wildman–Crippen MR) is 88.2 cm³/mol. The van der Waals surface area contributed by atoms with E-state index in [2.05, 4.69) is 5.32 Å². The van der Waals surface area contributed by atoms with Crippen LogP contribution >= 0.6 is 0 Å². The highest BCUT2D eigenvalue weighted by Gasteiger charge is 2.34. The molecule has 0 bridgehead atoms. The van der Waals surface area contributed by atoms with Crippen LogP contribution in [0.2, 0.25) is 0 Å². The molecule has 1 unspecified atom stereocenters. The number of hydrogen-bond donors (Lipinski definition) is 1. The molecule has 0 aromatic heterocycles. The van der Waals surface area contributed by atoms with Crippen LogP contribution in [0.4, 0.5) is 11.4 Å². The summed E-state index contributed by atoms with van der Waals surface area (Å²) in [6.45, 7) is 1.95. The number of carbonyl (C=O) groups excluding carboxylic acids is 2. The summed E-state index contributed by atoms with van der Waals surface area (Å²) in [5.74, 6) is -0.577. The van der Waals surface area contributed by atoms with Crippen LogP contribution in [0, 0.1) is 0 Å². The first-order valence-electron chi connectivity index (χ1n) is 7.58. The van der Waals surface area contributed by atoms with Crippen LogP contribution in [0.25, 0.3) is 0 Å². The first kappa shape index (κ1) is 15.1. The molecule has 0 radical (unpaired) electrons. The van der Waals surface area contributed by atoms with Crippen molar-refractivity contribution < 1.29 is 14.3 Å². The van der Waals surface area contributed by atoms with Crippen LogP contribution in [-0.2, 0) is 14.3 Å². The Bertz CT molecular complexity index is 715. The summed E-state index contributed by atoms with van der Waals surface area (Å²) in [7, 11) is 0. The smallest absolute Gasteiger partial charge is 0.326 e. The third-order valence-corrected chi connectivity index (χ3v) is 3.73. The molecule has 1 heterocycles. The molecule has 5 heteroatoms. The standard InChI is InChI=1S/C18H18N2O3/c1-2-23-16(21)12-20-15-11-7-6-10-14(15)19-17(18(20)22)13-8-4-3-5-9-13/h3-11,17,19H,2,12H2,1H3. The van der Waals surface area contributed by atoms with E-state index in [0.717, 1.165) is 11.3 Å². The summed E-state index contributed by atoms with van der Waals surface area (Å²) in [5.41, 5.74) is 2.38. The van der Waals surface area contributed by atoms with Gasteiger partial charge in [-0.1, -0.05) is 42.5 Å². The Kier molecular flexibility index (Phi) is 4.28. The number of benzene rings is 2. The normalized spacial score (nSPS) is 16.5. The topological polar surface area (TPSA) is 58.6 Å². The number of esters is 1. The molecule has 1 aliphatic heterocycles. The average molecular weight is 310 g/mol. The van der Waals surface area contributed by atoms with E-state index < -0.39 is 12.0 Å². The molecule has 2 aromatic carbocycles. The second kappa shape index (κ2) is 6.52. The van der Waals surface area contributed by atoms with Crippen molar-refractivity contribution in [3.05, 3.63) is 60.2 Å². The van der Waals surface area contributed by atoms with Crippen LogP contribution < -0.4 is 10.2 Å². The van der Waals surface area contributed by atoms with Gasteiger partial charge < -0.3 is 10.1 Å². The molecule has 118 valence electrons. The van der Waals surface area contributed by atoms with Crippen LogP contribution in [0.5, 0.6) is 0 Å². The minimum atomic E-state index is -0.513. The Morgan fingerprint density at radius 2 is 1.83 bits per heavy atom. The molecule has 1 amide bonds. The van der Waals surface area contributed by atoms with Gasteiger partial charge in [0.05, 0.1) is 18.0 Å². The number of nitrogens with one attached hydrogen (secondary N) is 1. The van der Waals surface area contributed by atoms with Gasteiger partial charge in [-0.3, -0.25) is 14.5 Å². The van der Waals surface area contributed by atoms with Crippen molar-refractivity contribution in [3.63, 3.8) is 0 Å². The summed E-state index contributed by atoms with van der Waals surface area (Å²) < 4.78 is 5.00. The molecule has 1 atom stereocenters. The minimum Gasteiger partial charge on any atom is -0.465 e. The molecular weight excluding hydrogens is 292 g/mol. The molecule has 0 saturated heterocycles. The van der Waals surface area contributed by atoms with E-state index >= 15 is 0 Å². The lowest BCUT2D eigenvalue weighted by Gasteiger charge is -2.34. The molecule has 5 nitrogen and oxygen atoms in total. The fourth-order valence-corrected chi connectivity index (χ4v) is 2.69. The van der Waals surface area contributed by atoms with Gasteiger partial charge in [-0.05, 0) is 24.6 Å². The Morgan fingerprint density at radius 3 is 2.57 bits per heavy atom. The highest BCUT2D eigenvalue weighted by molar-refractivity contribution is 6.07. The Balaban J connectivity index is 1.96. The molecule has 2 aromatic rings. The summed E-state index contributed by atoms with van der Waals surface area (Å²) in [5, 5.41) is 3.25. The fourth-order valence-electron chi connectivity index (χ4n) is 2.69. The van der Waals surface area contributed by atoms with Crippen molar-refractivity contribution in [1.29, 1.82) is 0 Å². The lowest BCUT2D eigenvalue weighted by atomic mass is 10.0. The van der Waals surface area contributed by atoms with Crippen LogP contribution in [0.1, 0.15) is 18.5 Å². The summed E-state index contributed by atoms with van der Waals surface area (Å²) in [6.07, 6.45) is 0. The third kappa shape index (κ3) is 3.04. The number of amides is 1. The second-order valence-electron chi connectivity index (χ2n) is 5.23. The van der Waals surface area contributed by atoms with Crippen molar-refractivity contribution in [1.82, 2.24) is 0 Å². The largest absolute Gasteiger partial charge is 0.465 e. The van der Waals surface area contributed by atoms with Crippen LogP contribution in [0.3, 0.4) is 0 Å². The SMILES string of the molecule is CCOC(=O)CN1C(=O)C(c2ccccc2)Nc2ccccc21. The van der Waals surface area contributed by atoms with Gasteiger partial charge in [0.1, 0.15) is 12.6 Å². The zero-order valence-corrected chi connectivity index (χ0v) is 12.9. The van der Waals surface area contributed by atoms with Crippen molar-refractivity contribution in [2.24, 2.45) is 0 Å². The Morgan fingerprint density at radius 1 is 1.13 bits per heavy atom. The summed E-state index contributed by atoms with van der Waals surface area (Å²) in [4.78, 5) is 26.2. The van der Waals surface area contributed by atoms with E-state index in [0.29, 0.717) is 12.3 Å². The maximum Gasteiger partial charge on any atom is 0.326 e. The molecule has 23 heavy (non-hydrogen) atoms. The molecular formula is C18H18N2O3. The van der Waals surface area contributed by atoms with Crippen molar-refractivity contribution in [2.45, 2.75) is 13.0 Å². The molecule has 1 aliphatic rings. The van der Waals surface area contributed by atoms with E-state index in [-0.39, 0.29) is 12.5 Å². The number of hydrogen-bond acceptors (Lipinski definition) is 4. The second-order valence-corrected chi connectivity index (χ2v) is 5.23. The lowest BCUT2D eigenvalue weighted by Crippen LogP contribution is -2.45. The van der Waals surface area contributed by atoms with Crippen molar-refractivity contribution >= 4 is 23.3 Å². The van der Waals surface area contributed by atoms with E-state index in [1.165, 1.54) is 4.90 Å². The zero-order chi connectivity index (χ0) is 16.2. The monoisotopic (exact) mass is 310 g/mol. The lowest BCUT2D eigenvalue weighted by molar-refractivity contribution is -0.142. The summed E-state index contributed by atoms with van der Waals surface area (Å²) >= 11 is 0. The first-order valence-corrected chi connectivity index (χ1v) is 7.58. The molecule has 1 N–H and O–H groups in total. The maximum absolute atomic E-state index is 12.9. The van der Waals surface area contributed by atoms with Gasteiger partial charge in [-0.25, -0.2) is 0 Å². The Hall–Kier alpha value is -2.82. The highest BCUT2D eigenvalue weighted by atomic mass is 16.5. The van der Waals surface area contributed by atoms with Gasteiger partial charge in [0.15, 0.2) is 0 Å². The number of carbonyl (C=O) groups is 2. The van der Waals surface area contributed by atoms with Gasteiger partial charge in [0.25, 0.3) is 5.91 Å². The Labute approximate surface area is 134 Å². The molecule has 0 spiro atoms. The van der Waals surface area contributed by atoms with E-state index in [9.17, 15) is 9.59 Å². The van der Waals surface area contributed by atoms with Crippen LogP contribution in [-0.4, -0.2) is 25.0 Å². The summed E-state index contributed by atoms with van der Waals surface area (Å²) in [6, 6.07) is 16.4. The first-order chi connectivity index (χ1) is 11.2. The van der Waals surface area contributed by atoms with E-state index in [1.807, 2.05) is 54.6 Å². The number of anilines is 2. The van der Waals surface area contributed by atoms with Crippen molar-refractivity contribution in [3.8, 4) is 0 Å². The van der Waals surface area contributed by atoms with Gasteiger partial charge in [-0.15, -0.1) is 0 Å². The quantitative estimate of drug-likeness (QED) is 0.882. The average Bonchev–Trinajstić information content (AvgIpc) is 2.58. The maximum atomic E-state index is 12.9. The number of nitrogens with zero attached hydrogens (tertiary/aromatic N) is 1. The van der Waals surface area contributed by atoms with Crippen LogP contribution in [0.15, 0.2) is 54.6 Å². The number of ether oxygens (including phenoxy) is 1. The number of para-hydroxylation sites is 2.